The van der Waals surface area contributed by atoms with Gasteiger partial charge in [0.1, 0.15) is 0 Å². The fourth-order valence-electron chi connectivity index (χ4n) is 2.55. The molecule has 1 heterocycles. The van der Waals surface area contributed by atoms with Crippen LogP contribution in [0.2, 0.25) is 0 Å². The first-order chi connectivity index (χ1) is 12.9. The summed E-state index contributed by atoms with van der Waals surface area (Å²) in [5, 5.41) is 11.1. The minimum atomic E-state index is -0.361. The largest absolute Gasteiger partial charge is 0.411 e. The van der Waals surface area contributed by atoms with Gasteiger partial charge in [-0.15, -0.1) is 10.2 Å². The van der Waals surface area contributed by atoms with Crippen LogP contribution >= 0.6 is 11.8 Å². The number of nitrogens with zero attached hydrogens (tertiary/aromatic N) is 2. The highest BCUT2D eigenvalue weighted by Crippen LogP contribution is 2.27. The van der Waals surface area contributed by atoms with Crippen LogP contribution in [-0.2, 0) is 4.79 Å². The molecule has 1 N–H and O–H groups in total. The van der Waals surface area contributed by atoms with E-state index in [4.69, 9.17) is 4.42 Å². The van der Waals surface area contributed by atoms with Crippen LogP contribution in [0.4, 0.5) is 5.69 Å². The Bertz CT molecular complexity index is 919. The van der Waals surface area contributed by atoms with E-state index in [-0.39, 0.29) is 11.2 Å². The van der Waals surface area contributed by atoms with Crippen LogP contribution in [0.3, 0.4) is 0 Å². The third-order valence-electron chi connectivity index (χ3n) is 4.16. The number of hydrogen-bond acceptors (Lipinski definition) is 5. The van der Waals surface area contributed by atoms with Crippen molar-refractivity contribution in [3.63, 3.8) is 0 Å². The van der Waals surface area contributed by atoms with Gasteiger partial charge in [0, 0.05) is 11.3 Å². The summed E-state index contributed by atoms with van der Waals surface area (Å²) in [6.07, 6.45) is 0. The Hall–Kier alpha value is -2.60. The lowest BCUT2D eigenvalue weighted by atomic mass is 10.0. The van der Waals surface area contributed by atoms with Gasteiger partial charge < -0.3 is 9.73 Å². The number of carbonyl (C=O) groups is 1. The highest BCUT2D eigenvalue weighted by atomic mass is 32.2. The van der Waals surface area contributed by atoms with E-state index in [2.05, 4.69) is 29.4 Å². The Morgan fingerprint density at radius 3 is 2.48 bits per heavy atom. The molecule has 0 radical (unpaired) electrons. The lowest BCUT2D eigenvalue weighted by molar-refractivity contribution is -0.115. The summed E-state index contributed by atoms with van der Waals surface area (Å²) >= 11 is 1.25. The molecule has 0 aliphatic carbocycles. The average Bonchev–Trinajstić information content (AvgIpc) is 3.10. The number of anilines is 1. The number of aromatic nitrogens is 2. The van der Waals surface area contributed by atoms with E-state index in [0.717, 1.165) is 16.8 Å². The second-order valence-corrected chi connectivity index (χ2v) is 8.06. The predicted molar refractivity (Wildman–Crippen MR) is 109 cm³/mol. The first-order valence-electron chi connectivity index (χ1n) is 8.90. The zero-order valence-electron chi connectivity index (χ0n) is 15.9. The SMILES string of the molecule is Cc1cccc(-c2nnc(S[C@H](C)C(=O)Nc3ccc(C(C)C)cc3)o2)c1. The molecule has 0 aliphatic rings. The molecule has 1 aromatic heterocycles. The summed E-state index contributed by atoms with van der Waals surface area (Å²) in [5.41, 5.74) is 4.01. The molecule has 140 valence electrons. The van der Waals surface area contributed by atoms with Crippen LogP contribution in [0.25, 0.3) is 11.5 Å². The number of rotatable bonds is 6. The van der Waals surface area contributed by atoms with E-state index in [1.54, 1.807) is 0 Å². The Morgan fingerprint density at radius 1 is 1.07 bits per heavy atom. The molecule has 0 saturated carbocycles. The number of aryl methyl sites for hydroxylation is 1. The third kappa shape index (κ3) is 4.98. The Kier molecular flexibility index (Phi) is 5.96. The van der Waals surface area contributed by atoms with Crippen molar-refractivity contribution in [2.24, 2.45) is 0 Å². The van der Waals surface area contributed by atoms with Crippen LogP contribution in [-0.4, -0.2) is 21.4 Å². The highest BCUT2D eigenvalue weighted by molar-refractivity contribution is 8.00. The van der Waals surface area contributed by atoms with Gasteiger partial charge in [0.05, 0.1) is 5.25 Å². The van der Waals surface area contributed by atoms with Gasteiger partial charge in [0.25, 0.3) is 5.22 Å². The molecule has 27 heavy (non-hydrogen) atoms. The highest BCUT2D eigenvalue weighted by Gasteiger charge is 2.19. The van der Waals surface area contributed by atoms with Crippen LogP contribution in [0.15, 0.2) is 58.2 Å². The third-order valence-corrected chi connectivity index (χ3v) is 5.10. The zero-order valence-corrected chi connectivity index (χ0v) is 16.7. The van der Waals surface area contributed by atoms with E-state index in [0.29, 0.717) is 17.0 Å². The summed E-state index contributed by atoms with van der Waals surface area (Å²) in [6.45, 7) is 8.11. The van der Waals surface area contributed by atoms with Crippen LogP contribution in [0.1, 0.15) is 37.8 Å². The number of hydrogen-bond donors (Lipinski definition) is 1. The number of nitrogens with one attached hydrogen (secondary N) is 1. The number of amides is 1. The Balaban J connectivity index is 1.61. The van der Waals surface area contributed by atoms with Crippen molar-refractivity contribution in [1.29, 1.82) is 0 Å². The van der Waals surface area contributed by atoms with Gasteiger partial charge in [-0.2, -0.15) is 0 Å². The van der Waals surface area contributed by atoms with Crippen molar-refractivity contribution in [3.05, 3.63) is 59.7 Å². The number of carbonyl (C=O) groups excluding carboxylic acids is 1. The molecule has 0 spiro atoms. The molecule has 3 rings (SSSR count). The summed E-state index contributed by atoms with van der Waals surface area (Å²) in [7, 11) is 0. The molecular weight excluding hydrogens is 358 g/mol. The Labute approximate surface area is 163 Å². The maximum Gasteiger partial charge on any atom is 0.277 e. The molecule has 3 aromatic rings. The molecule has 0 bridgehead atoms. The molecule has 0 aliphatic heterocycles. The average molecular weight is 382 g/mol. The Morgan fingerprint density at radius 2 is 1.81 bits per heavy atom. The van der Waals surface area contributed by atoms with Gasteiger partial charge in [0.15, 0.2) is 0 Å². The van der Waals surface area contributed by atoms with Crippen molar-refractivity contribution in [2.45, 2.75) is 44.1 Å². The fourth-order valence-corrected chi connectivity index (χ4v) is 3.24. The van der Waals surface area contributed by atoms with E-state index in [1.165, 1.54) is 17.3 Å². The van der Waals surface area contributed by atoms with Crippen LogP contribution in [0, 0.1) is 6.92 Å². The summed E-state index contributed by atoms with van der Waals surface area (Å²) in [4.78, 5) is 12.4. The topological polar surface area (TPSA) is 68.0 Å². The molecule has 0 unspecified atom stereocenters. The lowest BCUT2D eigenvalue weighted by Gasteiger charge is -2.11. The quantitative estimate of drug-likeness (QED) is 0.588. The van der Waals surface area contributed by atoms with Crippen molar-refractivity contribution in [3.8, 4) is 11.5 Å². The van der Waals surface area contributed by atoms with E-state index >= 15 is 0 Å². The number of thioether (sulfide) groups is 1. The van der Waals surface area contributed by atoms with Gasteiger partial charge in [-0.1, -0.05) is 55.4 Å². The van der Waals surface area contributed by atoms with Gasteiger partial charge in [0.2, 0.25) is 11.8 Å². The van der Waals surface area contributed by atoms with Crippen LogP contribution < -0.4 is 5.32 Å². The maximum absolute atomic E-state index is 12.4. The molecule has 5 nitrogen and oxygen atoms in total. The van der Waals surface area contributed by atoms with E-state index in [9.17, 15) is 4.79 Å². The molecule has 2 aromatic carbocycles. The minimum absolute atomic E-state index is 0.104. The van der Waals surface area contributed by atoms with Crippen molar-refractivity contribution in [1.82, 2.24) is 10.2 Å². The fraction of sp³-hybridized carbons (Fsp3) is 0.286. The first kappa shape index (κ1) is 19.2. The lowest BCUT2D eigenvalue weighted by Crippen LogP contribution is -2.22. The molecule has 1 amide bonds. The standard InChI is InChI=1S/C21H23N3O2S/c1-13(2)16-8-10-18(11-9-16)22-19(25)15(4)27-21-24-23-20(26-21)17-7-5-6-14(3)12-17/h5-13,15H,1-4H3,(H,22,25)/t15-/m1/s1. The summed E-state index contributed by atoms with van der Waals surface area (Å²) in [6, 6.07) is 15.8. The maximum atomic E-state index is 12.4. The smallest absolute Gasteiger partial charge is 0.277 e. The molecule has 0 fully saturated rings. The second kappa shape index (κ2) is 8.39. The monoisotopic (exact) mass is 381 g/mol. The van der Waals surface area contributed by atoms with E-state index in [1.807, 2.05) is 62.4 Å². The molecule has 6 heteroatoms. The predicted octanol–water partition coefficient (Wildman–Crippen LogP) is 5.29. The van der Waals surface area contributed by atoms with Gasteiger partial charge in [-0.25, -0.2) is 0 Å². The van der Waals surface area contributed by atoms with Crippen molar-refractivity contribution < 1.29 is 9.21 Å². The molecule has 1 atom stereocenters. The number of benzene rings is 2. The molecular formula is C21H23N3O2S. The van der Waals surface area contributed by atoms with Gasteiger partial charge in [-0.05, 0) is 49.6 Å². The zero-order chi connectivity index (χ0) is 19.4. The van der Waals surface area contributed by atoms with Crippen molar-refractivity contribution >= 4 is 23.4 Å². The normalized spacial score (nSPS) is 12.2. The summed E-state index contributed by atoms with van der Waals surface area (Å²) < 4.78 is 5.70. The first-order valence-corrected chi connectivity index (χ1v) is 9.78. The second-order valence-electron chi connectivity index (χ2n) is 6.77. The minimum Gasteiger partial charge on any atom is -0.411 e. The van der Waals surface area contributed by atoms with Crippen molar-refractivity contribution in [2.75, 3.05) is 5.32 Å². The van der Waals surface area contributed by atoms with Gasteiger partial charge >= 0.3 is 0 Å². The van der Waals surface area contributed by atoms with Crippen LogP contribution in [0.5, 0.6) is 0 Å². The van der Waals surface area contributed by atoms with E-state index < -0.39 is 0 Å². The molecule has 0 saturated heterocycles. The van der Waals surface area contributed by atoms with Gasteiger partial charge in [-0.3, -0.25) is 4.79 Å². The summed E-state index contributed by atoms with van der Waals surface area (Å²) in [5.74, 6) is 0.815.